The maximum absolute atomic E-state index is 12.9. The molecule has 0 bridgehead atoms. The largest absolute Gasteiger partial charge is 0.507 e. The average Bonchev–Trinajstić information content (AvgIpc) is 2.81. The highest BCUT2D eigenvalue weighted by molar-refractivity contribution is 6.03. The Hall–Kier alpha value is -4.37. The molecule has 0 atom stereocenters. The Morgan fingerprint density at radius 2 is 1.74 bits per heavy atom. The number of fused-ring (bicyclic) bond motifs is 1. The van der Waals surface area contributed by atoms with Gasteiger partial charge in [0.1, 0.15) is 5.75 Å². The Morgan fingerprint density at radius 1 is 1.00 bits per heavy atom. The third-order valence-electron chi connectivity index (χ3n) is 5.30. The fourth-order valence-electron chi connectivity index (χ4n) is 3.57. The molecule has 0 saturated heterocycles. The summed E-state index contributed by atoms with van der Waals surface area (Å²) in [5.74, 6) is -1.46. The molecule has 1 aromatic heterocycles. The van der Waals surface area contributed by atoms with Gasteiger partial charge in [-0.15, -0.1) is 12.4 Å². The summed E-state index contributed by atoms with van der Waals surface area (Å²) in [7, 11) is 1.42. The van der Waals surface area contributed by atoms with Gasteiger partial charge in [-0.1, -0.05) is 18.2 Å². The molecule has 9 nitrogen and oxygen atoms in total. The van der Waals surface area contributed by atoms with Crippen molar-refractivity contribution in [1.29, 1.82) is 0 Å². The summed E-state index contributed by atoms with van der Waals surface area (Å²) in [6.07, 6.45) is 0. The predicted octanol–water partition coefficient (Wildman–Crippen LogP) is 2.21. The zero-order valence-corrected chi connectivity index (χ0v) is 18.8. The summed E-state index contributed by atoms with van der Waals surface area (Å²) < 4.78 is 2.48. The first-order valence-electron chi connectivity index (χ1n) is 9.99. The molecule has 0 unspecified atom stereocenters. The SMILES string of the molecule is Cl.Cn1c(=O)c2ccccc2n(-c2cccc(NCC(=O)c3ccc(O)c(C(N)=O)c3)c2)c1=O. The fourth-order valence-corrected chi connectivity index (χ4v) is 3.57. The van der Waals surface area contributed by atoms with Crippen molar-refractivity contribution in [3.8, 4) is 11.4 Å². The maximum Gasteiger partial charge on any atom is 0.335 e. The zero-order valence-electron chi connectivity index (χ0n) is 18.0. The number of nitrogens with one attached hydrogen (secondary N) is 1. The normalized spacial score (nSPS) is 10.5. The first kappa shape index (κ1) is 24.3. The lowest BCUT2D eigenvalue weighted by molar-refractivity contribution is 0.0997. The van der Waals surface area contributed by atoms with Gasteiger partial charge in [-0.05, 0) is 48.5 Å². The van der Waals surface area contributed by atoms with Gasteiger partial charge in [0, 0.05) is 18.3 Å². The van der Waals surface area contributed by atoms with Crippen molar-refractivity contribution in [3.63, 3.8) is 0 Å². The van der Waals surface area contributed by atoms with Crippen LogP contribution in [-0.4, -0.2) is 32.5 Å². The number of phenols is 1. The Balaban J connectivity index is 0.00000324. The van der Waals surface area contributed by atoms with Crippen molar-refractivity contribution >= 4 is 40.7 Å². The van der Waals surface area contributed by atoms with E-state index in [1.807, 2.05) is 0 Å². The molecule has 0 fully saturated rings. The van der Waals surface area contributed by atoms with Crippen molar-refractivity contribution in [2.45, 2.75) is 0 Å². The number of nitrogens with two attached hydrogens (primary N) is 1. The Morgan fingerprint density at radius 3 is 2.47 bits per heavy atom. The van der Waals surface area contributed by atoms with Gasteiger partial charge in [0.15, 0.2) is 5.78 Å². The average molecular weight is 481 g/mol. The van der Waals surface area contributed by atoms with Crippen LogP contribution in [0.2, 0.25) is 0 Å². The smallest absolute Gasteiger partial charge is 0.335 e. The molecule has 0 aliphatic heterocycles. The molecule has 3 aromatic carbocycles. The van der Waals surface area contributed by atoms with Gasteiger partial charge in [0.25, 0.3) is 11.5 Å². The number of aromatic nitrogens is 2. The highest BCUT2D eigenvalue weighted by Gasteiger charge is 2.14. The number of carbonyl (C=O) groups is 2. The van der Waals surface area contributed by atoms with Crippen molar-refractivity contribution in [2.75, 3.05) is 11.9 Å². The third-order valence-corrected chi connectivity index (χ3v) is 5.30. The number of aromatic hydroxyl groups is 1. The number of Topliss-reactive ketones (excluding diaryl/α,β-unsaturated/α-hetero) is 1. The predicted molar refractivity (Wildman–Crippen MR) is 131 cm³/mol. The minimum Gasteiger partial charge on any atom is -0.507 e. The van der Waals surface area contributed by atoms with Gasteiger partial charge >= 0.3 is 5.69 Å². The number of hydrogen-bond donors (Lipinski definition) is 3. The summed E-state index contributed by atoms with van der Waals surface area (Å²) in [6.45, 7) is -0.102. The second-order valence-corrected chi connectivity index (χ2v) is 7.42. The minimum absolute atomic E-state index is 0. The number of halogens is 1. The molecular formula is C24H21ClN4O5. The number of nitrogens with zero attached hydrogens (tertiary/aromatic N) is 2. The molecule has 0 aliphatic carbocycles. The van der Waals surface area contributed by atoms with E-state index in [-0.39, 0.29) is 47.2 Å². The molecule has 0 saturated carbocycles. The quantitative estimate of drug-likeness (QED) is 0.362. The number of anilines is 1. The summed E-state index contributed by atoms with van der Waals surface area (Å²) >= 11 is 0. The molecule has 34 heavy (non-hydrogen) atoms. The number of rotatable bonds is 6. The second kappa shape index (κ2) is 9.63. The summed E-state index contributed by atoms with van der Waals surface area (Å²) in [5.41, 5.74) is 5.99. The van der Waals surface area contributed by atoms with Gasteiger partial charge in [-0.3, -0.25) is 23.5 Å². The number of primary amides is 1. The molecular weight excluding hydrogens is 460 g/mol. The van der Waals surface area contributed by atoms with Gasteiger partial charge in [-0.25, -0.2) is 4.79 Å². The molecule has 0 radical (unpaired) electrons. The monoisotopic (exact) mass is 480 g/mol. The number of ketones is 1. The van der Waals surface area contributed by atoms with Gasteiger partial charge in [0.2, 0.25) is 0 Å². The number of para-hydroxylation sites is 1. The Labute approximate surface area is 199 Å². The second-order valence-electron chi connectivity index (χ2n) is 7.42. The first-order valence-corrected chi connectivity index (χ1v) is 9.99. The fraction of sp³-hybridized carbons (Fsp3) is 0.0833. The topological polar surface area (TPSA) is 136 Å². The zero-order chi connectivity index (χ0) is 23.7. The molecule has 10 heteroatoms. The highest BCUT2D eigenvalue weighted by Crippen LogP contribution is 2.20. The summed E-state index contributed by atoms with van der Waals surface area (Å²) in [5, 5.41) is 13.1. The minimum atomic E-state index is -0.835. The number of benzene rings is 3. The van der Waals surface area contributed by atoms with E-state index in [1.165, 1.54) is 29.8 Å². The molecule has 1 heterocycles. The molecule has 1 amide bonds. The van der Waals surface area contributed by atoms with Crippen LogP contribution in [0.25, 0.3) is 16.6 Å². The Kier molecular flexibility index (Phi) is 6.88. The summed E-state index contributed by atoms with van der Waals surface area (Å²) in [4.78, 5) is 49.3. The maximum atomic E-state index is 12.9. The van der Waals surface area contributed by atoms with Crippen LogP contribution in [0.5, 0.6) is 5.75 Å². The Bertz CT molecular complexity index is 1540. The third kappa shape index (κ3) is 4.41. The van der Waals surface area contributed by atoms with E-state index in [0.717, 1.165) is 4.57 Å². The van der Waals surface area contributed by atoms with Crippen LogP contribution >= 0.6 is 12.4 Å². The lowest BCUT2D eigenvalue weighted by Crippen LogP contribution is -2.37. The number of hydrogen-bond acceptors (Lipinski definition) is 6. The standard InChI is InChI=1S/C24H20N4O5.ClH/c1-27-23(32)17-7-2-3-8-19(17)28(24(27)33)16-6-4-5-15(12-16)26-13-21(30)14-9-10-20(29)18(11-14)22(25)31;/h2-12,26,29H,13H2,1H3,(H2,25,31);1H. The van der Waals surface area contributed by atoms with E-state index in [0.29, 0.717) is 22.3 Å². The van der Waals surface area contributed by atoms with Gasteiger partial charge in [0.05, 0.1) is 28.7 Å². The van der Waals surface area contributed by atoms with Crippen LogP contribution in [-0.2, 0) is 7.05 Å². The number of amides is 1. The molecule has 0 spiro atoms. The van der Waals surface area contributed by atoms with E-state index < -0.39 is 11.6 Å². The first-order chi connectivity index (χ1) is 15.8. The molecule has 174 valence electrons. The number of carbonyl (C=O) groups excluding carboxylic acids is 2. The lowest BCUT2D eigenvalue weighted by atomic mass is 10.1. The molecule has 4 rings (SSSR count). The van der Waals surface area contributed by atoms with Crippen LogP contribution < -0.4 is 22.3 Å². The molecule has 4 N–H and O–H groups in total. The van der Waals surface area contributed by atoms with Crippen molar-refractivity contribution in [3.05, 3.63) is 98.7 Å². The van der Waals surface area contributed by atoms with E-state index in [4.69, 9.17) is 5.73 Å². The lowest BCUT2D eigenvalue weighted by Gasteiger charge is -2.14. The van der Waals surface area contributed by atoms with Crippen molar-refractivity contribution in [1.82, 2.24) is 9.13 Å². The van der Waals surface area contributed by atoms with Crippen molar-refractivity contribution < 1.29 is 14.7 Å². The highest BCUT2D eigenvalue weighted by atomic mass is 35.5. The van der Waals surface area contributed by atoms with Crippen LogP contribution in [0.4, 0.5) is 5.69 Å². The summed E-state index contributed by atoms with van der Waals surface area (Å²) in [6, 6.07) is 17.6. The van der Waals surface area contributed by atoms with Crippen LogP contribution in [0.15, 0.2) is 76.3 Å². The van der Waals surface area contributed by atoms with Gasteiger partial charge < -0.3 is 16.2 Å². The van der Waals surface area contributed by atoms with Crippen LogP contribution in [0, 0.1) is 0 Å². The molecule has 0 aliphatic rings. The van der Waals surface area contributed by atoms with Crippen LogP contribution in [0.3, 0.4) is 0 Å². The van der Waals surface area contributed by atoms with Gasteiger partial charge in [-0.2, -0.15) is 0 Å². The van der Waals surface area contributed by atoms with E-state index in [9.17, 15) is 24.3 Å². The van der Waals surface area contributed by atoms with Crippen LogP contribution in [0.1, 0.15) is 20.7 Å². The van der Waals surface area contributed by atoms with E-state index in [1.54, 1.807) is 48.5 Å². The van der Waals surface area contributed by atoms with E-state index in [2.05, 4.69) is 5.32 Å². The van der Waals surface area contributed by atoms with Crippen molar-refractivity contribution in [2.24, 2.45) is 12.8 Å². The van der Waals surface area contributed by atoms with E-state index >= 15 is 0 Å². The molecule has 4 aromatic rings.